The summed E-state index contributed by atoms with van der Waals surface area (Å²) < 4.78 is 8.27. The predicted octanol–water partition coefficient (Wildman–Crippen LogP) is 2.98. The topological polar surface area (TPSA) is 80.5 Å². The molecular weight excluding hydrogens is 435 g/mol. The molecule has 1 amide bonds. The Morgan fingerprint density at radius 1 is 1.57 bits per heavy atom. The molecule has 9 heteroatoms. The minimum Gasteiger partial charge on any atom is -0.465 e. The molecule has 1 fully saturated rings. The third-order valence-electron chi connectivity index (χ3n) is 4.13. The van der Waals surface area contributed by atoms with Gasteiger partial charge in [0, 0.05) is 23.8 Å². The highest BCUT2D eigenvalue weighted by atomic mass is 127. The molecule has 3 rings (SSSR count). The summed E-state index contributed by atoms with van der Waals surface area (Å²) in [6.07, 6.45) is 2.27. The van der Waals surface area contributed by atoms with Crippen LogP contribution in [-0.2, 0) is 17.9 Å². The van der Waals surface area contributed by atoms with Gasteiger partial charge in [0.05, 0.1) is 23.7 Å². The van der Waals surface area contributed by atoms with E-state index in [9.17, 15) is 9.90 Å². The number of carboxylic acid groups (broad SMARTS) is 1. The molecule has 0 aliphatic carbocycles. The van der Waals surface area contributed by atoms with Gasteiger partial charge >= 0.3 is 6.09 Å². The minimum absolute atomic E-state index is 0.0664. The molecule has 1 saturated heterocycles. The Morgan fingerprint density at radius 2 is 2.35 bits per heavy atom. The van der Waals surface area contributed by atoms with Crippen molar-refractivity contribution in [3.8, 4) is 0 Å². The second-order valence-corrected chi connectivity index (χ2v) is 6.88. The number of halogens is 2. The largest absolute Gasteiger partial charge is 0.465 e. The van der Waals surface area contributed by atoms with Crippen molar-refractivity contribution in [2.45, 2.75) is 32.0 Å². The summed E-state index contributed by atoms with van der Waals surface area (Å²) in [7, 11) is 1.63. The summed E-state index contributed by atoms with van der Waals surface area (Å²) in [5.41, 5.74) is 1.67. The van der Waals surface area contributed by atoms with Crippen molar-refractivity contribution in [3.05, 3.63) is 20.7 Å². The quantitative estimate of drug-likeness (QED) is 0.572. The maximum absolute atomic E-state index is 11.4. The average Bonchev–Trinajstić information content (AvgIpc) is 3.07. The van der Waals surface area contributed by atoms with E-state index in [1.807, 2.05) is 4.57 Å². The maximum atomic E-state index is 11.4. The van der Waals surface area contributed by atoms with Gasteiger partial charge in [0.2, 0.25) is 0 Å². The molecule has 3 heterocycles. The van der Waals surface area contributed by atoms with Crippen molar-refractivity contribution >= 4 is 51.3 Å². The number of hydrogen-bond donors (Lipinski definition) is 1. The SMILES string of the molecule is COCc1c(I)c2c(Cl)ncnc2n1C[C@H]1CCCN1C(=O)O. The Labute approximate surface area is 151 Å². The molecule has 1 aliphatic heterocycles. The lowest BCUT2D eigenvalue weighted by Gasteiger charge is -2.23. The average molecular weight is 451 g/mol. The summed E-state index contributed by atoms with van der Waals surface area (Å²) in [6, 6.07) is -0.0664. The minimum atomic E-state index is -0.875. The molecule has 0 unspecified atom stereocenters. The number of likely N-dealkylation sites (tertiary alicyclic amines) is 1. The molecule has 0 spiro atoms. The lowest BCUT2D eigenvalue weighted by molar-refractivity contribution is 0.135. The lowest BCUT2D eigenvalue weighted by Crippen LogP contribution is -2.37. The highest BCUT2D eigenvalue weighted by molar-refractivity contribution is 14.1. The summed E-state index contributed by atoms with van der Waals surface area (Å²) >= 11 is 8.45. The molecular formula is C14H16ClIN4O3. The third-order valence-corrected chi connectivity index (χ3v) is 5.58. The van der Waals surface area contributed by atoms with Crippen molar-refractivity contribution in [2.24, 2.45) is 0 Å². The van der Waals surface area contributed by atoms with Crippen LogP contribution in [0.1, 0.15) is 18.5 Å². The van der Waals surface area contributed by atoms with Gasteiger partial charge in [0.15, 0.2) is 0 Å². The molecule has 23 heavy (non-hydrogen) atoms. The van der Waals surface area contributed by atoms with Crippen LogP contribution in [-0.4, -0.2) is 50.3 Å². The molecule has 0 bridgehead atoms. The Morgan fingerprint density at radius 3 is 3.04 bits per heavy atom. The standard InChI is InChI=1S/C14H16ClIN4O3/c1-23-6-9-11(16)10-12(15)17-7-18-13(10)20(9)5-8-3-2-4-19(8)14(21)22/h7-8H,2-6H2,1H3,(H,21,22)/t8-/m1/s1. The molecule has 1 atom stereocenters. The van der Waals surface area contributed by atoms with Crippen LogP contribution >= 0.6 is 34.2 Å². The van der Waals surface area contributed by atoms with Gasteiger partial charge in [-0.05, 0) is 35.4 Å². The van der Waals surface area contributed by atoms with Crippen molar-refractivity contribution in [2.75, 3.05) is 13.7 Å². The first-order chi connectivity index (χ1) is 11.0. The van der Waals surface area contributed by atoms with Crippen molar-refractivity contribution in [1.82, 2.24) is 19.4 Å². The molecule has 1 N–H and O–H groups in total. The van der Waals surface area contributed by atoms with Gasteiger partial charge in [-0.25, -0.2) is 14.8 Å². The number of ether oxygens (including phenoxy) is 1. The van der Waals surface area contributed by atoms with Gasteiger partial charge in [0.25, 0.3) is 0 Å². The van der Waals surface area contributed by atoms with Gasteiger partial charge in [-0.15, -0.1) is 0 Å². The zero-order valence-electron chi connectivity index (χ0n) is 12.5. The second kappa shape index (κ2) is 6.78. The summed E-state index contributed by atoms with van der Waals surface area (Å²) in [4.78, 5) is 21.3. The van der Waals surface area contributed by atoms with Crippen LogP contribution < -0.4 is 0 Å². The fourth-order valence-electron chi connectivity index (χ4n) is 3.10. The monoisotopic (exact) mass is 450 g/mol. The Kier molecular flexibility index (Phi) is 4.93. The highest BCUT2D eigenvalue weighted by Gasteiger charge is 2.30. The summed E-state index contributed by atoms with van der Waals surface area (Å²) in [5.74, 6) is 0. The van der Waals surface area contributed by atoms with Crippen LogP contribution in [0.3, 0.4) is 0 Å². The van der Waals surface area contributed by atoms with Crippen LogP contribution in [0.25, 0.3) is 11.0 Å². The van der Waals surface area contributed by atoms with E-state index in [0.29, 0.717) is 24.8 Å². The fraction of sp³-hybridized carbons (Fsp3) is 0.500. The predicted molar refractivity (Wildman–Crippen MR) is 93.7 cm³/mol. The van der Waals surface area contributed by atoms with E-state index < -0.39 is 6.09 Å². The number of rotatable bonds is 4. The summed E-state index contributed by atoms with van der Waals surface area (Å²) in [5, 5.41) is 10.5. The van der Waals surface area contributed by atoms with E-state index in [2.05, 4.69) is 32.6 Å². The third kappa shape index (κ3) is 2.99. The Balaban J connectivity index is 2.07. The van der Waals surface area contributed by atoms with E-state index >= 15 is 0 Å². The van der Waals surface area contributed by atoms with Crippen molar-refractivity contribution < 1.29 is 14.6 Å². The van der Waals surface area contributed by atoms with Gasteiger partial charge in [-0.3, -0.25) is 0 Å². The maximum Gasteiger partial charge on any atom is 0.407 e. The van der Waals surface area contributed by atoms with Crippen LogP contribution in [0.15, 0.2) is 6.33 Å². The van der Waals surface area contributed by atoms with E-state index in [-0.39, 0.29) is 6.04 Å². The van der Waals surface area contributed by atoms with E-state index in [0.717, 1.165) is 33.1 Å². The molecule has 0 aromatic carbocycles. The lowest BCUT2D eigenvalue weighted by atomic mass is 10.2. The van der Waals surface area contributed by atoms with Crippen LogP contribution in [0.5, 0.6) is 0 Å². The van der Waals surface area contributed by atoms with E-state index in [1.165, 1.54) is 11.2 Å². The van der Waals surface area contributed by atoms with Crippen LogP contribution in [0, 0.1) is 3.57 Å². The van der Waals surface area contributed by atoms with Crippen molar-refractivity contribution in [3.63, 3.8) is 0 Å². The molecule has 124 valence electrons. The number of aromatic nitrogens is 3. The number of hydrogen-bond acceptors (Lipinski definition) is 4. The Hall–Kier alpha value is -1.13. The van der Waals surface area contributed by atoms with Gasteiger partial charge < -0.3 is 19.3 Å². The van der Waals surface area contributed by atoms with E-state index in [1.54, 1.807) is 7.11 Å². The number of methoxy groups -OCH3 is 1. The molecule has 2 aromatic rings. The molecule has 2 aromatic heterocycles. The zero-order valence-corrected chi connectivity index (χ0v) is 15.4. The van der Waals surface area contributed by atoms with Gasteiger partial charge in [-0.2, -0.15) is 0 Å². The number of nitrogens with zero attached hydrogens (tertiary/aromatic N) is 4. The fourth-order valence-corrected chi connectivity index (χ4v) is 4.43. The van der Waals surface area contributed by atoms with Crippen LogP contribution in [0.2, 0.25) is 5.15 Å². The molecule has 0 radical (unpaired) electrons. The first-order valence-corrected chi connectivity index (χ1v) is 8.65. The second-order valence-electron chi connectivity index (χ2n) is 5.44. The smallest absolute Gasteiger partial charge is 0.407 e. The molecule has 1 aliphatic rings. The highest BCUT2D eigenvalue weighted by Crippen LogP contribution is 2.32. The first kappa shape index (κ1) is 16.7. The van der Waals surface area contributed by atoms with E-state index in [4.69, 9.17) is 16.3 Å². The number of carbonyl (C=O) groups is 1. The van der Waals surface area contributed by atoms with Crippen LogP contribution in [0.4, 0.5) is 4.79 Å². The summed E-state index contributed by atoms with van der Waals surface area (Å²) in [6.45, 7) is 1.52. The van der Waals surface area contributed by atoms with Crippen molar-refractivity contribution in [1.29, 1.82) is 0 Å². The normalized spacial score (nSPS) is 18.0. The Bertz CT molecular complexity index is 751. The number of amides is 1. The molecule has 0 saturated carbocycles. The van der Waals surface area contributed by atoms with Gasteiger partial charge in [-0.1, -0.05) is 11.6 Å². The molecule has 7 nitrogen and oxygen atoms in total. The number of fused-ring (bicyclic) bond motifs is 1. The van der Waals surface area contributed by atoms with Gasteiger partial charge in [0.1, 0.15) is 17.1 Å². The zero-order chi connectivity index (χ0) is 16.6. The first-order valence-electron chi connectivity index (χ1n) is 7.20.